The number of anilines is 1. The van der Waals surface area contributed by atoms with E-state index in [1.807, 2.05) is 6.92 Å². The summed E-state index contributed by atoms with van der Waals surface area (Å²) in [6.45, 7) is 4.36. The lowest BCUT2D eigenvalue weighted by Crippen LogP contribution is -2.18. The molecule has 0 saturated heterocycles. The maximum atomic E-state index is 13.5. The third-order valence-corrected chi connectivity index (χ3v) is 7.71. The number of aromatic nitrogens is 1. The van der Waals surface area contributed by atoms with Crippen molar-refractivity contribution in [3.05, 3.63) is 57.9 Å². The van der Waals surface area contributed by atoms with Gasteiger partial charge in [0.05, 0.1) is 23.5 Å². The monoisotopic (exact) mass is 448 g/mol. The van der Waals surface area contributed by atoms with Crippen LogP contribution in [0, 0.1) is 13.8 Å². The SMILES string of the molecule is COCCn1c(C)c(C)c(S(=O)(=O)c2ccc(OC)cc2)c1NC(=O)c1cccs1. The average Bonchev–Trinajstić information content (AvgIpc) is 3.35. The number of amides is 1. The van der Waals surface area contributed by atoms with Crippen LogP contribution in [0.25, 0.3) is 0 Å². The van der Waals surface area contributed by atoms with E-state index in [-0.39, 0.29) is 21.5 Å². The molecule has 3 rings (SSSR count). The zero-order valence-corrected chi connectivity index (χ0v) is 18.9. The zero-order valence-electron chi connectivity index (χ0n) is 17.3. The second-order valence-electron chi connectivity index (χ2n) is 6.64. The Balaban J connectivity index is 2.15. The molecular formula is C21H24N2O5S2. The zero-order chi connectivity index (χ0) is 21.9. The number of nitrogens with one attached hydrogen (secondary N) is 1. The molecule has 3 aromatic rings. The van der Waals surface area contributed by atoms with Gasteiger partial charge < -0.3 is 19.4 Å². The van der Waals surface area contributed by atoms with Crippen LogP contribution in [0.5, 0.6) is 5.75 Å². The summed E-state index contributed by atoms with van der Waals surface area (Å²) in [7, 11) is -0.802. The van der Waals surface area contributed by atoms with E-state index in [0.29, 0.717) is 29.3 Å². The molecule has 0 atom stereocenters. The fraction of sp³-hybridized carbons (Fsp3) is 0.286. The third kappa shape index (κ3) is 4.14. The predicted molar refractivity (Wildman–Crippen MR) is 117 cm³/mol. The van der Waals surface area contributed by atoms with Crippen molar-refractivity contribution in [1.82, 2.24) is 4.57 Å². The number of hydrogen-bond donors (Lipinski definition) is 1. The number of hydrogen-bond acceptors (Lipinski definition) is 6. The van der Waals surface area contributed by atoms with Crippen LogP contribution in [0.2, 0.25) is 0 Å². The van der Waals surface area contributed by atoms with Crippen LogP contribution in [0.1, 0.15) is 20.9 Å². The van der Waals surface area contributed by atoms with Crippen LogP contribution in [-0.4, -0.2) is 39.7 Å². The van der Waals surface area contributed by atoms with Crippen molar-refractivity contribution in [2.45, 2.75) is 30.2 Å². The Morgan fingerprint density at radius 1 is 1.13 bits per heavy atom. The molecule has 0 fully saturated rings. The van der Waals surface area contributed by atoms with Crippen molar-refractivity contribution in [2.24, 2.45) is 0 Å². The van der Waals surface area contributed by atoms with Crippen molar-refractivity contribution >= 4 is 32.9 Å². The van der Waals surface area contributed by atoms with E-state index in [9.17, 15) is 13.2 Å². The van der Waals surface area contributed by atoms with Gasteiger partial charge in [-0.2, -0.15) is 0 Å². The van der Waals surface area contributed by atoms with Gasteiger partial charge in [0, 0.05) is 19.3 Å². The molecule has 2 heterocycles. The summed E-state index contributed by atoms with van der Waals surface area (Å²) in [4.78, 5) is 13.5. The van der Waals surface area contributed by atoms with E-state index in [4.69, 9.17) is 9.47 Å². The standard InChI is InChI=1S/C21H24N2O5S2/c1-14-15(2)23(11-12-27-3)20(22-21(24)18-6-5-13-29-18)19(14)30(25,26)17-9-7-16(28-4)8-10-17/h5-10,13H,11-12H2,1-4H3,(H,22,24). The molecule has 7 nitrogen and oxygen atoms in total. The molecule has 0 radical (unpaired) electrons. The minimum absolute atomic E-state index is 0.0891. The summed E-state index contributed by atoms with van der Waals surface area (Å²) < 4.78 is 39.2. The molecular weight excluding hydrogens is 424 g/mol. The normalized spacial score (nSPS) is 11.5. The van der Waals surface area contributed by atoms with Crippen LogP contribution < -0.4 is 10.1 Å². The van der Waals surface area contributed by atoms with Gasteiger partial charge in [-0.3, -0.25) is 4.79 Å². The molecule has 0 aliphatic carbocycles. The molecule has 0 unspecified atom stereocenters. The molecule has 160 valence electrons. The number of rotatable bonds is 8. The Morgan fingerprint density at radius 2 is 1.83 bits per heavy atom. The number of carbonyl (C=O) groups excluding carboxylic acids is 1. The quantitative estimate of drug-likeness (QED) is 0.565. The summed E-state index contributed by atoms with van der Waals surface area (Å²) in [6, 6.07) is 9.66. The topological polar surface area (TPSA) is 86.6 Å². The van der Waals surface area contributed by atoms with Gasteiger partial charge in [-0.25, -0.2) is 8.42 Å². The van der Waals surface area contributed by atoms with Gasteiger partial charge in [0.1, 0.15) is 16.5 Å². The van der Waals surface area contributed by atoms with Gasteiger partial charge in [-0.15, -0.1) is 11.3 Å². The van der Waals surface area contributed by atoms with Crippen LogP contribution >= 0.6 is 11.3 Å². The first kappa shape index (κ1) is 22.1. The summed E-state index contributed by atoms with van der Waals surface area (Å²) >= 11 is 1.29. The number of thiophene rings is 1. The number of methoxy groups -OCH3 is 2. The van der Waals surface area contributed by atoms with Crippen molar-refractivity contribution in [1.29, 1.82) is 0 Å². The minimum atomic E-state index is -3.89. The molecule has 0 spiro atoms. The molecule has 30 heavy (non-hydrogen) atoms. The summed E-state index contributed by atoms with van der Waals surface area (Å²) in [5.41, 5.74) is 1.34. The molecule has 2 aromatic heterocycles. The number of carbonyl (C=O) groups is 1. The largest absolute Gasteiger partial charge is 0.497 e. The minimum Gasteiger partial charge on any atom is -0.497 e. The number of sulfone groups is 1. The summed E-state index contributed by atoms with van der Waals surface area (Å²) in [5.74, 6) is 0.453. The molecule has 9 heteroatoms. The van der Waals surface area contributed by atoms with Crippen molar-refractivity contribution in [2.75, 3.05) is 26.1 Å². The second-order valence-corrected chi connectivity index (χ2v) is 9.48. The van der Waals surface area contributed by atoms with Gasteiger partial charge in [-0.05, 0) is 55.1 Å². The van der Waals surface area contributed by atoms with Crippen LogP contribution in [0.15, 0.2) is 51.6 Å². The first-order chi connectivity index (χ1) is 14.3. The van der Waals surface area contributed by atoms with Gasteiger partial charge in [0.15, 0.2) is 0 Å². The molecule has 0 aliphatic heterocycles. The fourth-order valence-electron chi connectivity index (χ4n) is 3.20. The molecule has 0 bridgehead atoms. The van der Waals surface area contributed by atoms with E-state index < -0.39 is 9.84 Å². The summed E-state index contributed by atoms with van der Waals surface area (Å²) in [6.07, 6.45) is 0. The van der Waals surface area contributed by atoms with Gasteiger partial charge in [0.25, 0.3) is 5.91 Å². The van der Waals surface area contributed by atoms with Gasteiger partial charge in [0.2, 0.25) is 9.84 Å². The lowest BCUT2D eigenvalue weighted by molar-refractivity contribution is 0.102. The van der Waals surface area contributed by atoms with Crippen LogP contribution in [0.3, 0.4) is 0 Å². The highest BCUT2D eigenvalue weighted by atomic mass is 32.2. The molecule has 0 aliphatic rings. The third-order valence-electron chi connectivity index (χ3n) is 4.91. The van der Waals surface area contributed by atoms with E-state index >= 15 is 0 Å². The van der Waals surface area contributed by atoms with Gasteiger partial charge >= 0.3 is 0 Å². The highest BCUT2D eigenvalue weighted by molar-refractivity contribution is 7.91. The Kier molecular flexibility index (Phi) is 6.64. The van der Waals surface area contributed by atoms with E-state index in [1.165, 1.54) is 30.6 Å². The van der Waals surface area contributed by atoms with E-state index in [0.717, 1.165) is 5.69 Å². The average molecular weight is 449 g/mol. The van der Waals surface area contributed by atoms with Crippen LogP contribution in [0.4, 0.5) is 5.82 Å². The van der Waals surface area contributed by atoms with Crippen molar-refractivity contribution in [3.63, 3.8) is 0 Å². The highest BCUT2D eigenvalue weighted by Gasteiger charge is 2.30. The Bertz CT molecular complexity index is 1130. The first-order valence-corrected chi connectivity index (χ1v) is 11.6. The van der Waals surface area contributed by atoms with E-state index in [2.05, 4.69) is 5.32 Å². The maximum Gasteiger partial charge on any atom is 0.266 e. The second kappa shape index (κ2) is 9.03. The lowest BCUT2D eigenvalue weighted by Gasteiger charge is -2.14. The predicted octanol–water partition coefficient (Wildman–Crippen LogP) is 3.91. The maximum absolute atomic E-state index is 13.5. The number of nitrogens with zero attached hydrogens (tertiary/aromatic N) is 1. The van der Waals surface area contributed by atoms with Crippen molar-refractivity contribution < 1.29 is 22.7 Å². The Labute approximate surface area is 180 Å². The highest BCUT2D eigenvalue weighted by Crippen LogP contribution is 2.36. The molecule has 1 N–H and O–H groups in total. The van der Waals surface area contributed by atoms with Crippen LogP contribution in [-0.2, 0) is 21.1 Å². The lowest BCUT2D eigenvalue weighted by atomic mass is 10.3. The molecule has 1 aromatic carbocycles. The molecule has 1 amide bonds. The molecule has 0 saturated carbocycles. The number of benzene rings is 1. The van der Waals surface area contributed by atoms with Gasteiger partial charge in [-0.1, -0.05) is 6.07 Å². The first-order valence-electron chi connectivity index (χ1n) is 9.23. The fourth-order valence-corrected chi connectivity index (χ4v) is 5.52. The van der Waals surface area contributed by atoms with E-state index in [1.54, 1.807) is 48.2 Å². The summed E-state index contributed by atoms with van der Waals surface area (Å²) in [5, 5.41) is 4.62. The smallest absolute Gasteiger partial charge is 0.266 e. The number of ether oxygens (including phenoxy) is 2. The Hall–Kier alpha value is -2.62. The van der Waals surface area contributed by atoms with Crippen molar-refractivity contribution in [3.8, 4) is 5.75 Å². The Morgan fingerprint density at radius 3 is 2.40 bits per heavy atom.